The summed E-state index contributed by atoms with van der Waals surface area (Å²) in [5, 5.41) is 2.41. The molecule has 1 saturated heterocycles. The molecule has 0 aliphatic carbocycles. The van der Waals surface area contributed by atoms with Crippen LogP contribution >= 0.6 is 0 Å². The topological polar surface area (TPSA) is 36.3 Å². The predicted molar refractivity (Wildman–Crippen MR) is 119 cm³/mol. The van der Waals surface area contributed by atoms with E-state index < -0.39 is 0 Å². The molecule has 0 unspecified atom stereocenters. The number of aromatic nitrogens is 2. The zero-order valence-electron chi connectivity index (χ0n) is 17.6. The molecule has 0 N–H and O–H groups in total. The van der Waals surface area contributed by atoms with Crippen LogP contribution in [0.15, 0.2) is 60.8 Å². The Hall–Kier alpha value is -2.63. The normalized spacial score (nSPS) is 18.0. The highest BCUT2D eigenvalue weighted by molar-refractivity contribution is 6.62. The third-order valence-corrected chi connectivity index (χ3v) is 6.35. The monoisotopic (exact) mass is 384 g/mol. The van der Waals surface area contributed by atoms with Crippen LogP contribution < -0.4 is 5.46 Å². The van der Waals surface area contributed by atoms with E-state index in [1.165, 1.54) is 16.3 Å². The van der Waals surface area contributed by atoms with Crippen molar-refractivity contribution in [3.8, 4) is 5.82 Å². The van der Waals surface area contributed by atoms with Gasteiger partial charge in [0.1, 0.15) is 5.82 Å². The summed E-state index contributed by atoms with van der Waals surface area (Å²) in [5.41, 5.74) is 3.73. The van der Waals surface area contributed by atoms with Crippen molar-refractivity contribution in [1.82, 2.24) is 9.55 Å². The lowest BCUT2D eigenvalue weighted by atomic mass is 9.79. The average Bonchev–Trinajstić information content (AvgIpc) is 3.11. The average molecular weight is 384 g/mol. The van der Waals surface area contributed by atoms with Crippen molar-refractivity contribution in [3.05, 3.63) is 66.4 Å². The summed E-state index contributed by atoms with van der Waals surface area (Å²) in [5.74, 6) is 0.919. The van der Waals surface area contributed by atoms with Crippen molar-refractivity contribution in [3.63, 3.8) is 0 Å². The van der Waals surface area contributed by atoms with Crippen LogP contribution in [0.5, 0.6) is 0 Å². The molecule has 0 spiro atoms. The third kappa shape index (κ3) is 2.80. The van der Waals surface area contributed by atoms with Crippen LogP contribution in [0.2, 0.25) is 0 Å². The molecule has 1 fully saturated rings. The number of hydrogen-bond acceptors (Lipinski definition) is 3. The second-order valence-electron chi connectivity index (χ2n) is 8.91. The molecule has 0 amide bonds. The number of pyridine rings is 1. The quantitative estimate of drug-likeness (QED) is 0.467. The molecule has 3 heterocycles. The summed E-state index contributed by atoms with van der Waals surface area (Å²) in [6.07, 6.45) is 1.86. The molecule has 0 bridgehead atoms. The fourth-order valence-corrected chi connectivity index (χ4v) is 4.00. The lowest BCUT2D eigenvalue weighted by Gasteiger charge is -2.32. The Morgan fingerprint density at radius 1 is 0.828 bits per heavy atom. The Balaban J connectivity index is 1.74. The zero-order chi connectivity index (χ0) is 20.4. The number of fused-ring (bicyclic) bond motifs is 3. The Morgan fingerprint density at radius 3 is 2.24 bits per heavy atom. The Kier molecular flexibility index (Phi) is 3.93. The van der Waals surface area contributed by atoms with E-state index in [0.717, 1.165) is 22.3 Å². The van der Waals surface area contributed by atoms with E-state index >= 15 is 0 Å². The van der Waals surface area contributed by atoms with E-state index in [1.54, 1.807) is 0 Å². The molecular weight excluding hydrogens is 359 g/mol. The van der Waals surface area contributed by atoms with Crippen LogP contribution in [0.1, 0.15) is 33.3 Å². The maximum absolute atomic E-state index is 6.29. The molecule has 0 saturated carbocycles. The van der Waals surface area contributed by atoms with Crippen molar-refractivity contribution in [2.24, 2.45) is 0 Å². The van der Waals surface area contributed by atoms with E-state index in [2.05, 4.69) is 92.7 Å². The molecule has 146 valence electrons. The number of benzene rings is 2. The highest BCUT2D eigenvalue weighted by atomic mass is 16.7. The van der Waals surface area contributed by atoms with E-state index in [-0.39, 0.29) is 18.3 Å². The first-order valence-electron chi connectivity index (χ1n) is 10.1. The van der Waals surface area contributed by atoms with Gasteiger partial charge in [-0.3, -0.25) is 4.57 Å². The molecule has 2 aromatic carbocycles. The van der Waals surface area contributed by atoms with Crippen LogP contribution in [-0.2, 0) is 9.31 Å². The SMILES string of the molecule is Cc1ccnc(-n2c3ccccc3c3ccc(B4OC(C)(C)C(C)(C)O4)cc32)c1. The van der Waals surface area contributed by atoms with Gasteiger partial charge in [-0.1, -0.05) is 30.3 Å². The smallest absolute Gasteiger partial charge is 0.399 e. The first-order valence-corrected chi connectivity index (χ1v) is 10.1. The van der Waals surface area contributed by atoms with E-state index in [4.69, 9.17) is 9.31 Å². The van der Waals surface area contributed by atoms with Crippen molar-refractivity contribution in [2.45, 2.75) is 45.8 Å². The van der Waals surface area contributed by atoms with Crippen LogP contribution in [0.3, 0.4) is 0 Å². The first kappa shape index (κ1) is 18.4. The third-order valence-electron chi connectivity index (χ3n) is 6.35. The van der Waals surface area contributed by atoms with Crippen molar-refractivity contribution in [2.75, 3.05) is 0 Å². The Morgan fingerprint density at radius 2 is 1.52 bits per heavy atom. The summed E-state index contributed by atoms with van der Waals surface area (Å²) >= 11 is 0. The predicted octanol–water partition coefficient (Wildman–Crippen LogP) is 4.79. The van der Waals surface area contributed by atoms with E-state index in [9.17, 15) is 0 Å². The van der Waals surface area contributed by atoms with Crippen molar-refractivity contribution in [1.29, 1.82) is 0 Å². The number of nitrogens with zero attached hydrogens (tertiary/aromatic N) is 2. The maximum atomic E-state index is 6.29. The van der Waals surface area contributed by atoms with Gasteiger partial charge in [0.05, 0.1) is 22.2 Å². The van der Waals surface area contributed by atoms with Gasteiger partial charge in [0.25, 0.3) is 0 Å². The van der Waals surface area contributed by atoms with Gasteiger partial charge in [0.15, 0.2) is 0 Å². The fraction of sp³-hybridized carbons (Fsp3) is 0.292. The van der Waals surface area contributed by atoms with Crippen LogP contribution in [0, 0.1) is 6.92 Å². The standard InChI is InChI=1S/C24H25BN2O2/c1-16-12-13-26-22(14-16)27-20-9-7-6-8-18(20)19-11-10-17(15-21(19)27)25-28-23(2,3)24(4,5)29-25/h6-15H,1-5H3. The molecule has 2 aromatic heterocycles. The highest BCUT2D eigenvalue weighted by Gasteiger charge is 2.51. The number of rotatable bonds is 2. The highest BCUT2D eigenvalue weighted by Crippen LogP contribution is 2.37. The minimum atomic E-state index is -0.388. The van der Waals surface area contributed by atoms with E-state index in [1.807, 2.05) is 12.3 Å². The summed E-state index contributed by atoms with van der Waals surface area (Å²) in [7, 11) is -0.388. The summed E-state index contributed by atoms with van der Waals surface area (Å²) in [4.78, 5) is 4.66. The lowest BCUT2D eigenvalue weighted by molar-refractivity contribution is 0.00578. The van der Waals surface area contributed by atoms with Gasteiger partial charge in [0, 0.05) is 17.0 Å². The molecule has 4 nitrogen and oxygen atoms in total. The molecule has 1 aliphatic rings. The molecular formula is C24H25BN2O2. The molecule has 5 heteroatoms. The number of hydrogen-bond donors (Lipinski definition) is 0. The molecule has 1 aliphatic heterocycles. The minimum absolute atomic E-state index is 0.364. The second kappa shape index (κ2) is 6.18. The minimum Gasteiger partial charge on any atom is -0.399 e. The van der Waals surface area contributed by atoms with Crippen molar-refractivity contribution < 1.29 is 9.31 Å². The van der Waals surface area contributed by atoms with Crippen LogP contribution in [0.25, 0.3) is 27.6 Å². The number of aryl methyl sites for hydroxylation is 1. The largest absolute Gasteiger partial charge is 0.494 e. The molecule has 5 rings (SSSR count). The molecule has 0 radical (unpaired) electrons. The fourth-order valence-electron chi connectivity index (χ4n) is 4.00. The van der Waals surface area contributed by atoms with Gasteiger partial charge in [-0.25, -0.2) is 4.98 Å². The molecule has 4 aromatic rings. The van der Waals surface area contributed by atoms with E-state index in [0.29, 0.717) is 0 Å². The molecule has 0 atom stereocenters. The van der Waals surface area contributed by atoms with Crippen LogP contribution in [0.4, 0.5) is 0 Å². The Labute approximate surface area is 171 Å². The number of para-hydroxylation sites is 1. The lowest BCUT2D eigenvalue weighted by Crippen LogP contribution is -2.41. The first-order chi connectivity index (χ1) is 13.8. The van der Waals surface area contributed by atoms with Gasteiger partial charge < -0.3 is 9.31 Å². The molecule has 29 heavy (non-hydrogen) atoms. The second-order valence-corrected chi connectivity index (χ2v) is 8.91. The van der Waals surface area contributed by atoms with Gasteiger partial charge in [0.2, 0.25) is 0 Å². The van der Waals surface area contributed by atoms with Gasteiger partial charge >= 0.3 is 7.12 Å². The Bertz CT molecular complexity index is 1230. The van der Waals surface area contributed by atoms with Crippen molar-refractivity contribution >= 4 is 34.4 Å². The maximum Gasteiger partial charge on any atom is 0.494 e. The zero-order valence-corrected chi connectivity index (χ0v) is 17.6. The van der Waals surface area contributed by atoms with Crippen LogP contribution in [-0.4, -0.2) is 27.9 Å². The van der Waals surface area contributed by atoms with Gasteiger partial charge in [-0.2, -0.15) is 0 Å². The summed E-state index contributed by atoms with van der Waals surface area (Å²) < 4.78 is 14.8. The summed E-state index contributed by atoms with van der Waals surface area (Å²) in [6, 6.07) is 19.1. The summed E-state index contributed by atoms with van der Waals surface area (Å²) in [6.45, 7) is 10.4. The van der Waals surface area contributed by atoms with Gasteiger partial charge in [-0.15, -0.1) is 0 Å². The van der Waals surface area contributed by atoms with Gasteiger partial charge in [-0.05, 0) is 69.9 Å².